The first-order chi connectivity index (χ1) is 14.5. The highest BCUT2D eigenvalue weighted by Crippen LogP contribution is 2.60. The third kappa shape index (κ3) is 3.51. The van der Waals surface area contributed by atoms with Gasteiger partial charge in [-0.2, -0.15) is 0 Å². The summed E-state index contributed by atoms with van der Waals surface area (Å²) in [6.07, 6.45) is 9.68. The number of methoxy groups -OCH3 is 1. The molecule has 1 atom stereocenters. The van der Waals surface area contributed by atoms with Crippen LogP contribution in [0.3, 0.4) is 0 Å². The number of benzene rings is 1. The number of ether oxygens (including phenoxy) is 2. The maximum atomic E-state index is 5.80. The Balaban J connectivity index is 1.44. The Morgan fingerprint density at radius 1 is 1.13 bits per heavy atom. The molecule has 2 aromatic rings. The summed E-state index contributed by atoms with van der Waals surface area (Å²) in [6, 6.07) is 6.20. The summed E-state index contributed by atoms with van der Waals surface area (Å²) in [6.45, 7) is 3.36. The van der Waals surface area contributed by atoms with Crippen LogP contribution in [-0.2, 0) is 15.8 Å². The molecule has 0 saturated heterocycles. The smallest absolute Gasteiger partial charge is 0.177 e. The lowest BCUT2D eigenvalue weighted by Crippen LogP contribution is -2.40. The molecular formula is C22H30BrN5O2. The molecule has 162 valence electrons. The van der Waals surface area contributed by atoms with Crippen LogP contribution in [0.25, 0.3) is 0 Å². The minimum absolute atomic E-state index is 0.0719. The van der Waals surface area contributed by atoms with Crippen molar-refractivity contribution in [2.24, 2.45) is 5.41 Å². The number of anilines is 1. The van der Waals surface area contributed by atoms with Crippen molar-refractivity contribution >= 4 is 21.6 Å². The Morgan fingerprint density at radius 2 is 1.97 bits per heavy atom. The van der Waals surface area contributed by atoms with Gasteiger partial charge >= 0.3 is 0 Å². The minimum atomic E-state index is -0.229. The zero-order chi connectivity index (χ0) is 20.8. The zero-order valence-electron chi connectivity index (χ0n) is 17.8. The molecule has 0 radical (unpaired) electrons. The second-order valence-electron chi connectivity index (χ2n) is 9.64. The van der Waals surface area contributed by atoms with Crippen molar-refractivity contribution in [3.8, 4) is 5.75 Å². The molecule has 3 saturated carbocycles. The fourth-order valence-electron chi connectivity index (χ4n) is 5.20. The Kier molecular flexibility index (Phi) is 5.05. The van der Waals surface area contributed by atoms with E-state index in [1.165, 1.54) is 25.7 Å². The topological polar surface area (TPSA) is 74.1 Å². The number of tetrazole rings is 1. The summed E-state index contributed by atoms with van der Waals surface area (Å²) >= 11 is 3.67. The molecule has 1 spiro atoms. The number of aromatic nitrogens is 4. The summed E-state index contributed by atoms with van der Waals surface area (Å²) in [7, 11) is 1.68. The van der Waals surface area contributed by atoms with Crippen molar-refractivity contribution in [2.75, 3.05) is 25.6 Å². The predicted molar refractivity (Wildman–Crippen MR) is 118 cm³/mol. The number of nitrogens with one attached hydrogen (secondary N) is 1. The first-order valence-electron chi connectivity index (χ1n) is 11.0. The fraction of sp³-hybridized carbons (Fsp3) is 0.682. The van der Waals surface area contributed by atoms with Gasteiger partial charge in [-0.05, 0) is 102 Å². The van der Waals surface area contributed by atoms with Gasteiger partial charge in [0.25, 0.3) is 0 Å². The second-order valence-corrected chi connectivity index (χ2v) is 10.5. The van der Waals surface area contributed by atoms with Gasteiger partial charge in [0.2, 0.25) is 0 Å². The monoisotopic (exact) mass is 475 g/mol. The van der Waals surface area contributed by atoms with Gasteiger partial charge in [-0.3, -0.25) is 0 Å². The van der Waals surface area contributed by atoms with E-state index in [2.05, 4.69) is 60.5 Å². The molecule has 1 N–H and O–H groups in total. The predicted octanol–water partition coefficient (Wildman–Crippen LogP) is 4.63. The number of nitrogens with zero attached hydrogens (tertiary/aromatic N) is 4. The van der Waals surface area contributed by atoms with Crippen LogP contribution in [0.15, 0.2) is 22.7 Å². The largest absolute Gasteiger partial charge is 0.490 e. The molecule has 3 aliphatic carbocycles. The third-order valence-electron chi connectivity index (χ3n) is 7.42. The van der Waals surface area contributed by atoms with Crippen molar-refractivity contribution in [1.29, 1.82) is 0 Å². The molecule has 1 aromatic carbocycles. The van der Waals surface area contributed by atoms with Crippen molar-refractivity contribution < 1.29 is 9.47 Å². The first-order valence-corrected chi connectivity index (χ1v) is 11.8. The standard InChI is InChI=1S/C22H30BrN5O2/c1-20(8-9-20)28-19(25-26-27-28)22(11-10-21(15-22)6-3-7-21)24-16-4-5-18(17(23)14-16)30-13-12-29-2/h4-5,14,24H,3,6-13,15H2,1-2H3. The minimum Gasteiger partial charge on any atom is -0.490 e. The van der Waals surface area contributed by atoms with Crippen molar-refractivity contribution in [3.63, 3.8) is 0 Å². The highest BCUT2D eigenvalue weighted by molar-refractivity contribution is 9.10. The van der Waals surface area contributed by atoms with Crippen molar-refractivity contribution in [3.05, 3.63) is 28.5 Å². The average molecular weight is 476 g/mol. The van der Waals surface area contributed by atoms with Crippen LogP contribution in [-0.4, -0.2) is 40.5 Å². The van der Waals surface area contributed by atoms with Crippen LogP contribution in [0.4, 0.5) is 5.69 Å². The summed E-state index contributed by atoms with van der Waals surface area (Å²) in [5.41, 5.74) is 1.36. The lowest BCUT2D eigenvalue weighted by Gasteiger charge is -2.41. The summed E-state index contributed by atoms with van der Waals surface area (Å²) in [4.78, 5) is 0. The van der Waals surface area contributed by atoms with Gasteiger partial charge in [0.15, 0.2) is 5.82 Å². The molecule has 1 heterocycles. The quantitative estimate of drug-likeness (QED) is 0.560. The van der Waals surface area contributed by atoms with E-state index in [1.807, 2.05) is 6.07 Å². The van der Waals surface area contributed by atoms with E-state index in [-0.39, 0.29) is 11.1 Å². The van der Waals surface area contributed by atoms with Gasteiger partial charge in [-0.1, -0.05) is 6.42 Å². The van der Waals surface area contributed by atoms with Gasteiger partial charge in [0.05, 0.1) is 22.2 Å². The molecule has 3 aliphatic rings. The molecule has 8 heteroatoms. The Hall–Kier alpha value is -1.67. The normalized spacial score (nSPS) is 25.8. The SMILES string of the molecule is COCCOc1ccc(NC2(c3nnnn3C3(C)CC3)CCC3(CCC3)C2)cc1Br. The lowest BCUT2D eigenvalue weighted by molar-refractivity contribution is 0.132. The molecule has 7 nitrogen and oxygen atoms in total. The van der Waals surface area contributed by atoms with Crippen LogP contribution in [0, 0.1) is 5.41 Å². The summed E-state index contributed by atoms with van der Waals surface area (Å²) in [5, 5.41) is 17.0. The molecular weight excluding hydrogens is 446 g/mol. The van der Waals surface area contributed by atoms with E-state index < -0.39 is 0 Å². The van der Waals surface area contributed by atoms with Gasteiger partial charge in [-0.15, -0.1) is 5.10 Å². The maximum Gasteiger partial charge on any atom is 0.177 e. The van der Waals surface area contributed by atoms with Gasteiger partial charge < -0.3 is 14.8 Å². The zero-order valence-corrected chi connectivity index (χ0v) is 19.4. The highest BCUT2D eigenvalue weighted by Gasteiger charge is 2.56. The van der Waals surface area contributed by atoms with E-state index in [0.717, 1.165) is 47.4 Å². The van der Waals surface area contributed by atoms with E-state index in [1.54, 1.807) is 7.11 Å². The molecule has 1 unspecified atom stereocenters. The number of hydrogen-bond donors (Lipinski definition) is 1. The summed E-state index contributed by atoms with van der Waals surface area (Å²) < 4.78 is 13.9. The highest BCUT2D eigenvalue weighted by atomic mass is 79.9. The van der Waals surface area contributed by atoms with Crippen LogP contribution in [0.5, 0.6) is 5.75 Å². The van der Waals surface area contributed by atoms with E-state index >= 15 is 0 Å². The molecule has 5 rings (SSSR count). The molecule has 30 heavy (non-hydrogen) atoms. The molecule has 1 aromatic heterocycles. The average Bonchev–Trinajstić information content (AvgIpc) is 3.11. The van der Waals surface area contributed by atoms with Crippen molar-refractivity contribution in [2.45, 2.75) is 69.4 Å². The van der Waals surface area contributed by atoms with E-state index in [4.69, 9.17) is 9.47 Å². The molecule has 3 fully saturated rings. The lowest BCUT2D eigenvalue weighted by atomic mass is 9.66. The van der Waals surface area contributed by atoms with Crippen LogP contribution in [0.1, 0.15) is 64.1 Å². The summed E-state index contributed by atoms with van der Waals surface area (Å²) in [5.74, 6) is 1.83. The van der Waals surface area contributed by atoms with Crippen LogP contribution < -0.4 is 10.1 Å². The second kappa shape index (κ2) is 7.48. The van der Waals surface area contributed by atoms with E-state index in [9.17, 15) is 0 Å². The number of halogens is 1. The van der Waals surface area contributed by atoms with Gasteiger partial charge in [-0.25, -0.2) is 4.68 Å². The Morgan fingerprint density at radius 3 is 2.60 bits per heavy atom. The Bertz CT molecular complexity index is 924. The fourth-order valence-corrected chi connectivity index (χ4v) is 5.69. The molecule has 0 aliphatic heterocycles. The van der Waals surface area contributed by atoms with Crippen molar-refractivity contribution in [1.82, 2.24) is 20.2 Å². The number of hydrogen-bond acceptors (Lipinski definition) is 6. The van der Waals surface area contributed by atoms with Gasteiger partial charge in [0, 0.05) is 12.8 Å². The van der Waals surface area contributed by atoms with E-state index in [0.29, 0.717) is 18.6 Å². The van der Waals surface area contributed by atoms with Gasteiger partial charge in [0.1, 0.15) is 12.4 Å². The van der Waals surface area contributed by atoms with Crippen LogP contribution in [0.2, 0.25) is 0 Å². The maximum absolute atomic E-state index is 5.80. The number of rotatable bonds is 8. The first kappa shape index (κ1) is 20.2. The molecule has 0 bridgehead atoms. The Labute approximate surface area is 186 Å². The van der Waals surface area contributed by atoms with Crippen LogP contribution >= 0.6 is 15.9 Å². The molecule has 0 amide bonds. The third-order valence-corrected chi connectivity index (χ3v) is 8.04.